The molecule has 1 atom stereocenters. The van der Waals surface area contributed by atoms with E-state index in [0.717, 1.165) is 0 Å². The smallest absolute Gasteiger partial charge is 0.748 e. The average Bonchev–Trinajstić information content (AvgIpc) is 1.85. The summed E-state index contributed by atoms with van der Waals surface area (Å²) < 4.78 is 34.8. The SMILES string of the molecule is O=S(=O)([O-])CCOC(S)[CH]S.[Na+]. The van der Waals surface area contributed by atoms with Crippen molar-refractivity contribution in [2.45, 2.75) is 5.44 Å². The second kappa shape index (κ2) is 7.93. The summed E-state index contributed by atoms with van der Waals surface area (Å²) in [5.74, 6) is 0.798. The molecule has 0 rings (SSSR count). The van der Waals surface area contributed by atoms with Gasteiger partial charge in [-0.05, 0) is 0 Å². The second-order valence-electron chi connectivity index (χ2n) is 1.67. The van der Waals surface area contributed by atoms with Crippen molar-refractivity contribution >= 4 is 35.4 Å². The van der Waals surface area contributed by atoms with Gasteiger partial charge in [0, 0.05) is 0 Å². The van der Waals surface area contributed by atoms with E-state index < -0.39 is 21.3 Å². The van der Waals surface area contributed by atoms with Gasteiger partial charge in [-0.2, -0.15) is 12.6 Å². The predicted molar refractivity (Wildman–Crippen MR) is 46.6 cm³/mol. The van der Waals surface area contributed by atoms with Crippen LogP contribution in [0.5, 0.6) is 0 Å². The van der Waals surface area contributed by atoms with Crippen molar-refractivity contribution in [3.8, 4) is 0 Å². The molecule has 1 radical (unpaired) electrons. The van der Waals surface area contributed by atoms with Crippen LogP contribution < -0.4 is 29.6 Å². The second-order valence-corrected chi connectivity index (χ2v) is 4.00. The minimum atomic E-state index is -4.18. The van der Waals surface area contributed by atoms with Crippen LogP contribution in [0.25, 0.3) is 0 Å². The van der Waals surface area contributed by atoms with Crippen molar-refractivity contribution in [1.82, 2.24) is 0 Å². The summed E-state index contributed by atoms with van der Waals surface area (Å²) in [6.45, 7) is -0.156. The zero-order valence-corrected chi connectivity index (χ0v) is 11.1. The Labute approximate surface area is 105 Å². The Morgan fingerprint density at radius 1 is 1.58 bits per heavy atom. The topological polar surface area (TPSA) is 66.4 Å². The first-order valence-corrected chi connectivity index (χ1v) is 5.27. The number of hydrogen-bond donors (Lipinski definition) is 2. The third kappa shape index (κ3) is 11.6. The van der Waals surface area contributed by atoms with Gasteiger partial charge in [0.1, 0.15) is 5.44 Å². The van der Waals surface area contributed by atoms with Crippen molar-refractivity contribution in [2.75, 3.05) is 12.4 Å². The van der Waals surface area contributed by atoms with Gasteiger partial charge in [0.2, 0.25) is 0 Å². The van der Waals surface area contributed by atoms with Gasteiger partial charge in [-0.3, -0.25) is 0 Å². The largest absolute Gasteiger partial charge is 1.00 e. The zero-order valence-electron chi connectivity index (χ0n) is 6.50. The van der Waals surface area contributed by atoms with Crippen molar-refractivity contribution in [3.05, 3.63) is 5.75 Å². The summed E-state index contributed by atoms with van der Waals surface area (Å²) in [5.41, 5.74) is -0.542. The first-order valence-electron chi connectivity index (χ1n) is 2.66. The van der Waals surface area contributed by atoms with Crippen LogP contribution in [-0.4, -0.2) is 30.8 Å². The Morgan fingerprint density at radius 2 is 2.08 bits per heavy atom. The molecule has 67 valence electrons. The standard InChI is InChI=1S/C4H9O4S3.Na/c5-11(6,7)2-1-8-4(10)3-9;/h3-4,9-10H,1-2H2,(H,5,6,7);/q;+1/p-1. The molecule has 0 aromatic rings. The van der Waals surface area contributed by atoms with E-state index in [0.29, 0.717) is 0 Å². The average molecular weight is 239 g/mol. The molecule has 1 unspecified atom stereocenters. The normalized spacial score (nSPS) is 13.6. The predicted octanol–water partition coefficient (Wildman–Crippen LogP) is -3.10. The monoisotopic (exact) mass is 239 g/mol. The van der Waals surface area contributed by atoms with Gasteiger partial charge in [0.25, 0.3) is 0 Å². The molecule has 8 heteroatoms. The zero-order chi connectivity index (χ0) is 8.91. The van der Waals surface area contributed by atoms with Gasteiger partial charge < -0.3 is 9.29 Å². The fourth-order valence-electron chi connectivity index (χ4n) is 0.314. The quantitative estimate of drug-likeness (QED) is 0.231. The summed E-state index contributed by atoms with van der Waals surface area (Å²) in [6, 6.07) is 0. The van der Waals surface area contributed by atoms with Gasteiger partial charge in [-0.15, -0.1) is 12.6 Å². The molecule has 0 aliphatic heterocycles. The van der Waals surface area contributed by atoms with Crippen molar-refractivity contribution < 1.29 is 47.3 Å². The van der Waals surface area contributed by atoms with E-state index >= 15 is 0 Å². The minimum absolute atomic E-state index is 0. The molecular formula is C4H8NaO4S3. The molecule has 4 nitrogen and oxygen atoms in total. The summed E-state index contributed by atoms with van der Waals surface area (Å²) in [5, 5.41) is 0. The molecule has 0 saturated heterocycles. The Kier molecular flexibility index (Phi) is 10.6. The first kappa shape index (κ1) is 16.0. The molecule has 0 bridgehead atoms. The molecule has 0 aromatic heterocycles. The maximum atomic E-state index is 10.0. The van der Waals surface area contributed by atoms with Crippen LogP contribution in [-0.2, 0) is 14.9 Å². The van der Waals surface area contributed by atoms with Crippen molar-refractivity contribution in [1.29, 1.82) is 0 Å². The number of ether oxygens (including phenoxy) is 1. The maximum absolute atomic E-state index is 10.0. The van der Waals surface area contributed by atoms with Gasteiger partial charge in [0.15, 0.2) is 0 Å². The van der Waals surface area contributed by atoms with Crippen molar-refractivity contribution in [2.24, 2.45) is 0 Å². The van der Waals surface area contributed by atoms with E-state index in [1.807, 2.05) is 0 Å². The molecular weight excluding hydrogens is 231 g/mol. The van der Waals surface area contributed by atoms with E-state index in [1.54, 1.807) is 0 Å². The molecule has 0 fully saturated rings. The van der Waals surface area contributed by atoms with Crippen LogP contribution in [0, 0.1) is 5.75 Å². The third-order valence-electron chi connectivity index (χ3n) is 0.749. The summed E-state index contributed by atoms with van der Waals surface area (Å²) >= 11 is 7.52. The Balaban J connectivity index is 0. The number of rotatable bonds is 5. The molecule has 0 amide bonds. The molecule has 0 aliphatic carbocycles. The maximum Gasteiger partial charge on any atom is 1.00 e. The van der Waals surface area contributed by atoms with Crippen LogP contribution in [0.3, 0.4) is 0 Å². The van der Waals surface area contributed by atoms with Gasteiger partial charge >= 0.3 is 29.6 Å². The van der Waals surface area contributed by atoms with E-state index in [9.17, 15) is 13.0 Å². The van der Waals surface area contributed by atoms with Gasteiger partial charge in [-0.1, -0.05) is 0 Å². The summed E-state index contributed by atoms with van der Waals surface area (Å²) in [7, 11) is -4.18. The van der Waals surface area contributed by atoms with E-state index in [4.69, 9.17) is 4.74 Å². The molecule has 0 aromatic carbocycles. The Bertz CT molecular complexity index is 192. The summed E-state index contributed by atoms with van der Waals surface area (Å²) in [6.07, 6.45) is 0. The Morgan fingerprint density at radius 3 is 2.42 bits per heavy atom. The minimum Gasteiger partial charge on any atom is -0.748 e. The first-order chi connectivity index (χ1) is 4.95. The molecule has 0 aliphatic rings. The van der Waals surface area contributed by atoms with Gasteiger partial charge in [-0.25, -0.2) is 8.42 Å². The van der Waals surface area contributed by atoms with Gasteiger partial charge in [0.05, 0.1) is 28.2 Å². The van der Waals surface area contributed by atoms with Crippen LogP contribution >= 0.6 is 25.3 Å². The van der Waals surface area contributed by atoms with Crippen LogP contribution in [0.4, 0.5) is 0 Å². The number of hydrogen-bond acceptors (Lipinski definition) is 6. The molecule has 0 saturated carbocycles. The van der Waals surface area contributed by atoms with E-state index in [-0.39, 0.29) is 36.2 Å². The third-order valence-corrected chi connectivity index (χ3v) is 2.22. The molecule has 0 spiro atoms. The van der Waals surface area contributed by atoms with E-state index in [2.05, 4.69) is 25.3 Å². The Hall–Kier alpha value is 1.57. The molecule has 0 N–H and O–H groups in total. The van der Waals surface area contributed by atoms with E-state index in [1.165, 1.54) is 5.75 Å². The molecule has 0 heterocycles. The van der Waals surface area contributed by atoms with Crippen LogP contribution in [0.2, 0.25) is 0 Å². The van der Waals surface area contributed by atoms with Crippen molar-refractivity contribution in [3.63, 3.8) is 0 Å². The fourth-order valence-corrected chi connectivity index (χ4v) is 0.806. The number of thiol groups is 2. The van der Waals surface area contributed by atoms with Crippen LogP contribution in [0.1, 0.15) is 0 Å². The molecule has 12 heavy (non-hydrogen) atoms. The fraction of sp³-hybridized carbons (Fsp3) is 0.750. The summed E-state index contributed by atoms with van der Waals surface area (Å²) in [4.78, 5) is 0. The van der Waals surface area contributed by atoms with Crippen LogP contribution in [0.15, 0.2) is 0 Å².